The van der Waals surface area contributed by atoms with Crippen LogP contribution in [0.4, 0.5) is 0 Å². The Kier molecular flexibility index (Phi) is 5.22. The molecule has 66 valence electrons. The highest BCUT2D eigenvalue weighted by Crippen LogP contribution is 2.12. The van der Waals surface area contributed by atoms with Crippen LogP contribution in [-0.2, 0) is 0 Å². The molecule has 0 aliphatic carbocycles. The Labute approximate surface area is 71.1 Å². The molecule has 1 heteroatoms. The molecule has 0 amide bonds. The normalized spacial score (nSPS) is 17.6. The number of rotatable bonds is 4. The van der Waals surface area contributed by atoms with Crippen molar-refractivity contribution in [1.29, 1.82) is 0 Å². The summed E-state index contributed by atoms with van der Waals surface area (Å²) in [5, 5.41) is 0. The van der Waals surface area contributed by atoms with Gasteiger partial charge >= 0.3 is 0 Å². The Balaban J connectivity index is 3.72. The Hall–Kier alpha value is -0.300. The van der Waals surface area contributed by atoms with Gasteiger partial charge in [0.1, 0.15) is 0 Å². The molecule has 0 aliphatic rings. The topological polar surface area (TPSA) is 3.24 Å². The van der Waals surface area contributed by atoms with Crippen molar-refractivity contribution in [2.24, 2.45) is 5.92 Å². The molecule has 0 aromatic heterocycles. The smallest absolute Gasteiger partial charge is 0.00894 e. The SMILES string of the molecule is CC=CCC(C)C(C)N(C)C. The Bertz CT molecular complexity index is 116. The molecule has 0 saturated heterocycles. The van der Waals surface area contributed by atoms with E-state index in [2.05, 4.69) is 51.9 Å². The van der Waals surface area contributed by atoms with Crippen LogP contribution >= 0.6 is 0 Å². The van der Waals surface area contributed by atoms with E-state index in [4.69, 9.17) is 0 Å². The van der Waals surface area contributed by atoms with Crippen LogP contribution in [0.2, 0.25) is 0 Å². The third-order valence-corrected chi connectivity index (χ3v) is 2.38. The van der Waals surface area contributed by atoms with Crippen molar-refractivity contribution in [2.45, 2.75) is 33.2 Å². The van der Waals surface area contributed by atoms with E-state index in [9.17, 15) is 0 Å². The zero-order valence-electron chi connectivity index (χ0n) is 8.46. The second-order valence-electron chi connectivity index (χ2n) is 3.49. The van der Waals surface area contributed by atoms with E-state index in [1.54, 1.807) is 0 Å². The molecular formula is C10H21N. The van der Waals surface area contributed by atoms with Crippen molar-refractivity contribution in [3.05, 3.63) is 12.2 Å². The van der Waals surface area contributed by atoms with Gasteiger partial charge in [0.05, 0.1) is 0 Å². The maximum atomic E-state index is 2.30. The maximum absolute atomic E-state index is 2.30. The van der Waals surface area contributed by atoms with Crippen LogP contribution < -0.4 is 0 Å². The van der Waals surface area contributed by atoms with Crippen molar-refractivity contribution in [3.63, 3.8) is 0 Å². The van der Waals surface area contributed by atoms with Crippen molar-refractivity contribution in [3.8, 4) is 0 Å². The van der Waals surface area contributed by atoms with Gasteiger partial charge in [-0.15, -0.1) is 0 Å². The fourth-order valence-corrected chi connectivity index (χ4v) is 1.06. The molecule has 0 bridgehead atoms. The lowest BCUT2D eigenvalue weighted by atomic mass is 9.99. The lowest BCUT2D eigenvalue weighted by Crippen LogP contribution is -2.30. The number of hydrogen-bond donors (Lipinski definition) is 0. The monoisotopic (exact) mass is 155 g/mol. The third kappa shape index (κ3) is 4.20. The van der Waals surface area contributed by atoms with E-state index >= 15 is 0 Å². The summed E-state index contributed by atoms with van der Waals surface area (Å²) in [7, 11) is 4.27. The predicted molar refractivity (Wildman–Crippen MR) is 51.7 cm³/mol. The molecule has 2 unspecified atom stereocenters. The Morgan fingerprint density at radius 1 is 1.27 bits per heavy atom. The summed E-state index contributed by atoms with van der Waals surface area (Å²) in [5.41, 5.74) is 0. The molecule has 11 heavy (non-hydrogen) atoms. The van der Waals surface area contributed by atoms with Crippen LogP contribution in [0, 0.1) is 5.92 Å². The van der Waals surface area contributed by atoms with Crippen molar-refractivity contribution in [2.75, 3.05) is 14.1 Å². The fourth-order valence-electron chi connectivity index (χ4n) is 1.06. The fraction of sp³-hybridized carbons (Fsp3) is 0.800. The summed E-state index contributed by atoms with van der Waals surface area (Å²) < 4.78 is 0. The molecule has 0 heterocycles. The van der Waals surface area contributed by atoms with E-state index in [0.717, 1.165) is 5.92 Å². The summed E-state index contributed by atoms with van der Waals surface area (Å²) >= 11 is 0. The average Bonchev–Trinajstić information content (AvgIpc) is 1.98. The Morgan fingerprint density at radius 2 is 1.82 bits per heavy atom. The zero-order chi connectivity index (χ0) is 8.85. The van der Waals surface area contributed by atoms with Gasteiger partial charge in [0, 0.05) is 6.04 Å². The Morgan fingerprint density at radius 3 is 2.18 bits per heavy atom. The summed E-state index contributed by atoms with van der Waals surface area (Å²) in [6.07, 6.45) is 5.55. The molecule has 1 nitrogen and oxygen atoms in total. The first-order valence-corrected chi connectivity index (χ1v) is 4.37. The highest BCUT2D eigenvalue weighted by atomic mass is 15.1. The van der Waals surface area contributed by atoms with E-state index < -0.39 is 0 Å². The minimum Gasteiger partial charge on any atom is -0.306 e. The van der Waals surface area contributed by atoms with Crippen LogP contribution in [0.15, 0.2) is 12.2 Å². The van der Waals surface area contributed by atoms with Gasteiger partial charge in [-0.05, 0) is 40.3 Å². The molecule has 0 rings (SSSR count). The van der Waals surface area contributed by atoms with Gasteiger partial charge in [0.2, 0.25) is 0 Å². The van der Waals surface area contributed by atoms with Gasteiger partial charge in [0.25, 0.3) is 0 Å². The van der Waals surface area contributed by atoms with Crippen LogP contribution in [-0.4, -0.2) is 25.0 Å². The zero-order valence-corrected chi connectivity index (χ0v) is 8.46. The van der Waals surface area contributed by atoms with Gasteiger partial charge in [0.15, 0.2) is 0 Å². The van der Waals surface area contributed by atoms with E-state index in [1.807, 2.05) is 0 Å². The van der Waals surface area contributed by atoms with Crippen LogP contribution in [0.5, 0.6) is 0 Å². The first-order chi connectivity index (χ1) is 5.09. The molecule has 0 aromatic rings. The van der Waals surface area contributed by atoms with Gasteiger partial charge < -0.3 is 4.90 Å². The third-order valence-electron chi connectivity index (χ3n) is 2.38. The first kappa shape index (κ1) is 10.7. The standard InChI is InChI=1S/C10H21N/c1-6-7-8-9(2)10(3)11(4)5/h6-7,9-10H,8H2,1-5H3. The second kappa shape index (κ2) is 5.36. The lowest BCUT2D eigenvalue weighted by molar-refractivity contribution is 0.240. The molecule has 0 aliphatic heterocycles. The molecule has 0 radical (unpaired) electrons. The largest absolute Gasteiger partial charge is 0.306 e. The molecule has 0 fully saturated rings. The van der Waals surface area contributed by atoms with Gasteiger partial charge in [-0.1, -0.05) is 19.1 Å². The minimum atomic E-state index is 0.672. The predicted octanol–water partition coefficient (Wildman–Crippen LogP) is 2.54. The highest BCUT2D eigenvalue weighted by molar-refractivity contribution is 4.82. The molecular weight excluding hydrogens is 134 g/mol. The number of nitrogens with zero attached hydrogens (tertiary/aromatic N) is 1. The van der Waals surface area contributed by atoms with Crippen LogP contribution in [0.1, 0.15) is 27.2 Å². The number of hydrogen-bond acceptors (Lipinski definition) is 1. The number of allylic oxidation sites excluding steroid dienone is 2. The van der Waals surface area contributed by atoms with E-state index in [0.29, 0.717) is 6.04 Å². The lowest BCUT2D eigenvalue weighted by Gasteiger charge is -2.25. The molecule has 0 N–H and O–H groups in total. The van der Waals surface area contributed by atoms with Crippen molar-refractivity contribution < 1.29 is 0 Å². The first-order valence-electron chi connectivity index (χ1n) is 4.37. The molecule has 2 atom stereocenters. The van der Waals surface area contributed by atoms with Gasteiger partial charge in [-0.2, -0.15) is 0 Å². The average molecular weight is 155 g/mol. The van der Waals surface area contributed by atoms with E-state index in [-0.39, 0.29) is 0 Å². The van der Waals surface area contributed by atoms with Gasteiger partial charge in [-0.25, -0.2) is 0 Å². The quantitative estimate of drug-likeness (QED) is 0.564. The van der Waals surface area contributed by atoms with Gasteiger partial charge in [-0.3, -0.25) is 0 Å². The second-order valence-corrected chi connectivity index (χ2v) is 3.49. The molecule has 0 saturated carbocycles. The summed E-state index contributed by atoms with van der Waals surface area (Å²) in [5.74, 6) is 0.751. The summed E-state index contributed by atoms with van der Waals surface area (Å²) in [4.78, 5) is 2.27. The van der Waals surface area contributed by atoms with Crippen LogP contribution in [0.3, 0.4) is 0 Å². The van der Waals surface area contributed by atoms with Crippen molar-refractivity contribution in [1.82, 2.24) is 4.90 Å². The maximum Gasteiger partial charge on any atom is 0.00894 e. The summed E-state index contributed by atoms with van der Waals surface area (Å²) in [6.45, 7) is 6.64. The van der Waals surface area contributed by atoms with Crippen molar-refractivity contribution >= 4 is 0 Å². The van der Waals surface area contributed by atoms with Crippen LogP contribution in [0.25, 0.3) is 0 Å². The van der Waals surface area contributed by atoms with E-state index in [1.165, 1.54) is 6.42 Å². The molecule has 0 aromatic carbocycles. The molecule has 0 spiro atoms. The minimum absolute atomic E-state index is 0.672. The highest BCUT2D eigenvalue weighted by Gasteiger charge is 2.11. The summed E-state index contributed by atoms with van der Waals surface area (Å²) in [6, 6.07) is 0.672.